The van der Waals surface area contributed by atoms with E-state index >= 15 is 0 Å². The first-order valence-electron chi connectivity index (χ1n) is 7.26. The van der Waals surface area contributed by atoms with Crippen LogP contribution in [0.3, 0.4) is 0 Å². The van der Waals surface area contributed by atoms with Crippen molar-refractivity contribution in [1.29, 1.82) is 0 Å². The van der Waals surface area contributed by atoms with Crippen molar-refractivity contribution < 1.29 is 0 Å². The Labute approximate surface area is 136 Å². The van der Waals surface area contributed by atoms with Gasteiger partial charge in [0.05, 0.1) is 10.0 Å². The predicted molar refractivity (Wildman–Crippen MR) is 90.2 cm³/mol. The van der Waals surface area contributed by atoms with E-state index in [0.717, 1.165) is 31.5 Å². The zero-order valence-corrected chi connectivity index (χ0v) is 13.7. The summed E-state index contributed by atoms with van der Waals surface area (Å²) >= 11 is 12.1. The Morgan fingerprint density at radius 2 is 1.95 bits per heavy atom. The molecule has 1 aromatic heterocycles. The monoisotopic (exact) mass is 322 g/mol. The average molecular weight is 323 g/mol. The lowest BCUT2D eigenvalue weighted by Crippen LogP contribution is -2.34. The highest BCUT2D eigenvalue weighted by molar-refractivity contribution is 6.42. The molecule has 0 aliphatic rings. The van der Waals surface area contributed by atoms with Gasteiger partial charge >= 0.3 is 0 Å². The predicted octanol–water partition coefficient (Wildman–Crippen LogP) is 4.54. The van der Waals surface area contributed by atoms with Crippen molar-refractivity contribution in [3.8, 4) is 0 Å². The Morgan fingerprint density at radius 1 is 1.10 bits per heavy atom. The normalized spacial score (nSPS) is 12.3. The van der Waals surface area contributed by atoms with Crippen LogP contribution in [0.1, 0.15) is 24.6 Å². The van der Waals surface area contributed by atoms with Crippen LogP contribution in [-0.2, 0) is 12.8 Å². The maximum Gasteiger partial charge on any atom is 0.0595 e. The number of pyridine rings is 1. The molecule has 1 unspecified atom stereocenters. The number of hydrogen-bond donors (Lipinski definition) is 1. The molecule has 1 atom stereocenters. The number of hydrogen-bond acceptors (Lipinski definition) is 2. The molecule has 2 rings (SSSR count). The summed E-state index contributed by atoms with van der Waals surface area (Å²) in [5.74, 6) is 0. The largest absolute Gasteiger partial charge is 0.313 e. The molecule has 0 radical (unpaired) electrons. The standard InChI is InChI=1S/C17H20Cl2N2/c1-2-8-20-15(12-14-5-3-4-9-21-14)10-13-6-7-16(18)17(19)11-13/h3-7,9,11,15,20H,2,8,10,12H2,1H3. The molecule has 0 spiro atoms. The Hall–Kier alpha value is -1.09. The summed E-state index contributed by atoms with van der Waals surface area (Å²) in [5.41, 5.74) is 2.29. The van der Waals surface area contributed by atoms with Gasteiger partial charge in [0.1, 0.15) is 0 Å². The lowest BCUT2D eigenvalue weighted by Gasteiger charge is -2.18. The van der Waals surface area contributed by atoms with Crippen LogP contribution < -0.4 is 5.32 Å². The molecular weight excluding hydrogens is 303 g/mol. The van der Waals surface area contributed by atoms with Crippen molar-refractivity contribution in [1.82, 2.24) is 10.3 Å². The molecule has 0 bridgehead atoms. The molecule has 112 valence electrons. The van der Waals surface area contributed by atoms with E-state index in [1.54, 1.807) is 0 Å². The molecule has 0 aliphatic heterocycles. The van der Waals surface area contributed by atoms with Gasteiger partial charge in [-0.15, -0.1) is 0 Å². The number of nitrogens with one attached hydrogen (secondary N) is 1. The number of benzene rings is 1. The maximum absolute atomic E-state index is 6.10. The third-order valence-electron chi connectivity index (χ3n) is 3.33. The first kappa shape index (κ1) is 16.3. The Kier molecular flexibility index (Phi) is 6.50. The van der Waals surface area contributed by atoms with E-state index in [-0.39, 0.29) is 0 Å². The van der Waals surface area contributed by atoms with Gasteiger partial charge in [-0.1, -0.05) is 42.3 Å². The van der Waals surface area contributed by atoms with Crippen LogP contribution >= 0.6 is 23.2 Å². The molecular formula is C17H20Cl2N2. The summed E-state index contributed by atoms with van der Waals surface area (Å²) in [5, 5.41) is 4.80. The van der Waals surface area contributed by atoms with Crippen LogP contribution in [-0.4, -0.2) is 17.6 Å². The summed E-state index contributed by atoms with van der Waals surface area (Å²) < 4.78 is 0. The van der Waals surface area contributed by atoms with E-state index < -0.39 is 0 Å². The minimum absolute atomic E-state index is 0.345. The number of nitrogens with zero attached hydrogens (tertiary/aromatic N) is 1. The lowest BCUT2D eigenvalue weighted by atomic mass is 10.0. The van der Waals surface area contributed by atoms with E-state index in [4.69, 9.17) is 23.2 Å². The van der Waals surface area contributed by atoms with Crippen LogP contribution in [0, 0.1) is 0 Å². The molecule has 0 amide bonds. The van der Waals surface area contributed by atoms with Crippen LogP contribution in [0.2, 0.25) is 10.0 Å². The van der Waals surface area contributed by atoms with Crippen molar-refractivity contribution in [2.45, 2.75) is 32.2 Å². The fraction of sp³-hybridized carbons (Fsp3) is 0.353. The Morgan fingerprint density at radius 3 is 2.62 bits per heavy atom. The van der Waals surface area contributed by atoms with Crippen LogP contribution in [0.5, 0.6) is 0 Å². The summed E-state index contributed by atoms with van der Waals surface area (Å²) in [4.78, 5) is 4.41. The quantitative estimate of drug-likeness (QED) is 0.809. The van der Waals surface area contributed by atoms with Crippen LogP contribution in [0.4, 0.5) is 0 Å². The van der Waals surface area contributed by atoms with Crippen molar-refractivity contribution in [2.75, 3.05) is 6.54 Å². The van der Waals surface area contributed by atoms with Crippen molar-refractivity contribution in [2.24, 2.45) is 0 Å². The fourth-order valence-corrected chi connectivity index (χ4v) is 2.61. The third-order valence-corrected chi connectivity index (χ3v) is 4.07. The highest BCUT2D eigenvalue weighted by Crippen LogP contribution is 2.23. The molecule has 0 saturated carbocycles. The summed E-state index contributed by atoms with van der Waals surface area (Å²) in [6, 6.07) is 12.2. The smallest absolute Gasteiger partial charge is 0.0595 e. The Bertz CT molecular complexity index is 558. The van der Waals surface area contributed by atoms with Gasteiger partial charge in [0.25, 0.3) is 0 Å². The molecule has 21 heavy (non-hydrogen) atoms. The number of aromatic nitrogens is 1. The van der Waals surface area contributed by atoms with E-state index in [9.17, 15) is 0 Å². The highest BCUT2D eigenvalue weighted by atomic mass is 35.5. The minimum atomic E-state index is 0.345. The lowest BCUT2D eigenvalue weighted by molar-refractivity contribution is 0.500. The molecule has 0 fully saturated rings. The summed E-state index contributed by atoms with van der Waals surface area (Å²) in [7, 11) is 0. The minimum Gasteiger partial charge on any atom is -0.313 e. The first-order chi connectivity index (χ1) is 10.2. The van der Waals surface area contributed by atoms with Gasteiger partial charge in [-0.2, -0.15) is 0 Å². The maximum atomic E-state index is 6.10. The molecule has 0 aliphatic carbocycles. The first-order valence-corrected chi connectivity index (χ1v) is 8.02. The van der Waals surface area contributed by atoms with E-state index in [1.807, 2.05) is 36.5 Å². The number of halogens is 2. The zero-order valence-electron chi connectivity index (χ0n) is 12.2. The second kappa shape index (κ2) is 8.38. The van der Waals surface area contributed by atoms with Crippen molar-refractivity contribution in [3.05, 3.63) is 63.9 Å². The molecule has 0 saturated heterocycles. The van der Waals surface area contributed by atoms with Gasteiger partial charge < -0.3 is 5.32 Å². The van der Waals surface area contributed by atoms with Gasteiger partial charge in [0.2, 0.25) is 0 Å². The van der Waals surface area contributed by atoms with Crippen molar-refractivity contribution in [3.63, 3.8) is 0 Å². The molecule has 1 heterocycles. The number of rotatable bonds is 7. The molecule has 1 aromatic carbocycles. The SMILES string of the molecule is CCCNC(Cc1ccc(Cl)c(Cl)c1)Cc1ccccn1. The summed E-state index contributed by atoms with van der Waals surface area (Å²) in [6.07, 6.45) is 4.76. The highest BCUT2D eigenvalue weighted by Gasteiger charge is 2.11. The Balaban J connectivity index is 2.06. The van der Waals surface area contributed by atoms with E-state index in [1.165, 1.54) is 5.56 Å². The second-order valence-corrected chi connectivity index (χ2v) is 5.94. The van der Waals surface area contributed by atoms with Gasteiger partial charge in [0.15, 0.2) is 0 Å². The average Bonchev–Trinajstić information content (AvgIpc) is 2.49. The summed E-state index contributed by atoms with van der Waals surface area (Å²) in [6.45, 7) is 3.17. The van der Waals surface area contributed by atoms with Crippen molar-refractivity contribution >= 4 is 23.2 Å². The zero-order chi connectivity index (χ0) is 15.1. The van der Waals surface area contributed by atoms with Gasteiger partial charge in [-0.05, 0) is 49.2 Å². The topological polar surface area (TPSA) is 24.9 Å². The molecule has 2 aromatic rings. The second-order valence-electron chi connectivity index (χ2n) is 5.13. The molecule has 2 nitrogen and oxygen atoms in total. The van der Waals surface area contributed by atoms with E-state index in [0.29, 0.717) is 16.1 Å². The van der Waals surface area contributed by atoms with Gasteiger partial charge in [-0.3, -0.25) is 4.98 Å². The third kappa shape index (κ3) is 5.31. The molecule has 1 N–H and O–H groups in total. The van der Waals surface area contributed by atoms with Gasteiger partial charge in [-0.25, -0.2) is 0 Å². The fourth-order valence-electron chi connectivity index (χ4n) is 2.29. The van der Waals surface area contributed by atoms with E-state index in [2.05, 4.69) is 23.3 Å². The van der Waals surface area contributed by atoms with Crippen LogP contribution in [0.25, 0.3) is 0 Å². The molecule has 4 heteroatoms. The van der Waals surface area contributed by atoms with Gasteiger partial charge in [0, 0.05) is 24.4 Å². The van der Waals surface area contributed by atoms with Crippen LogP contribution in [0.15, 0.2) is 42.6 Å².